The fraction of sp³-hybridized carbons (Fsp3) is 0.611. The number of hydrogen-bond acceptors (Lipinski definition) is 3. The Kier molecular flexibility index (Phi) is 4.95. The van der Waals surface area contributed by atoms with Crippen LogP contribution in [0.3, 0.4) is 0 Å². The molecule has 1 N–H and O–H groups in total. The molecule has 1 saturated carbocycles. The number of ether oxygens (including phenoxy) is 1. The largest absolute Gasteiger partial charge is 0.453 e. The maximum Gasteiger partial charge on any atom is 0.416 e. The highest BCUT2D eigenvalue weighted by Gasteiger charge is 2.48. The van der Waals surface area contributed by atoms with Crippen LogP contribution in [0.1, 0.15) is 43.2 Å². The van der Waals surface area contributed by atoms with Crippen LogP contribution in [0.5, 0.6) is 0 Å². The van der Waals surface area contributed by atoms with Crippen LogP contribution in [0, 0.1) is 0 Å². The van der Waals surface area contributed by atoms with Crippen LogP contribution in [-0.2, 0) is 16.5 Å². The summed E-state index contributed by atoms with van der Waals surface area (Å²) in [5, 5.41) is 3.34. The molecule has 25 heavy (non-hydrogen) atoms. The molecule has 1 aromatic rings. The molecule has 2 aliphatic rings. The van der Waals surface area contributed by atoms with Gasteiger partial charge < -0.3 is 10.1 Å². The lowest BCUT2D eigenvalue weighted by Gasteiger charge is -2.50. The van der Waals surface area contributed by atoms with Gasteiger partial charge in [-0.05, 0) is 56.3 Å². The van der Waals surface area contributed by atoms with Crippen LogP contribution in [0.15, 0.2) is 24.3 Å². The second kappa shape index (κ2) is 6.86. The van der Waals surface area contributed by atoms with Crippen molar-refractivity contribution in [3.8, 4) is 0 Å². The lowest BCUT2D eigenvalue weighted by Crippen LogP contribution is -2.57. The van der Waals surface area contributed by atoms with Crippen LogP contribution < -0.4 is 5.32 Å². The van der Waals surface area contributed by atoms with Crippen molar-refractivity contribution >= 4 is 6.09 Å². The second-order valence-corrected chi connectivity index (χ2v) is 6.84. The summed E-state index contributed by atoms with van der Waals surface area (Å²) in [6.07, 6.45) is -0.716. The number of nitrogens with one attached hydrogen (secondary N) is 1. The van der Waals surface area contributed by atoms with E-state index in [9.17, 15) is 18.0 Å². The average Bonchev–Trinajstić information content (AvgIpc) is 3.05. The SMILES string of the molecule is COC(=O)N(C[C@H]1CCCN1)C1(c2cccc(C(F)(F)F)c2)CCC1. The number of rotatable bonds is 4. The van der Waals surface area contributed by atoms with Gasteiger partial charge in [-0.3, -0.25) is 4.90 Å². The summed E-state index contributed by atoms with van der Waals surface area (Å²) in [6, 6.07) is 5.50. The summed E-state index contributed by atoms with van der Waals surface area (Å²) in [5.41, 5.74) is -0.851. The summed E-state index contributed by atoms with van der Waals surface area (Å²) in [7, 11) is 1.32. The molecule has 7 heteroatoms. The Morgan fingerprint density at radius 3 is 2.64 bits per heavy atom. The molecule has 3 rings (SSSR count). The van der Waals surface area contributed by atoms with E-state index in [2.05, 4.69) is 5.32 Å². The Bertz CT molecular complexity index is 623. The highest BCUT2D eigenvalue weighted by atomic mass is 19.4. The van der Waals surface area contributed by atoms with E-state index in [0.29, 0.717) is 24.9 Å². The molecule has 0 radical (unpaired) electrons. The number of benzene rings is 1. The van der Waals surface area contributed by atoms with Gasteiger partial charge in [0.15, 0.2) is 0 Å². The van der Waals surface area contributed by atoms with Gasteiger partial charge in [0.1, 0.15) is 0 Å². The summed E-state index contributed by atoms with van der Waals surface area (Å²) in [6.45, 7) is 1.35. The Labute approximate surface area is 145 Å². The van der Waals surface area contributed by atoms with Crippen LogP contribution in [0.4, 0.5) is 18.0 Å². The molecule has 0 bridgehead atoms. The minimum absolute atomic E-state index is 0.155. The first-order valence-electron chi connectivity index (χ1n) is 8.63. The normalized spacial score (nSPS) is 22.3. The zero-order valence-electron chi connectivity index (χ0n) is 14.2. The molecular formula is C18H23F3N2O2. The first-order valence-corrected chi connectivity index (χ1v) is 8.63. The van der Waals surface area contributed by atoms with Crippen LogP contribution in [0.2, 0.25) is 0 Å². The predicted octanol–water partition coefficient (Wildman–Crippen LogP) is 3.91. The minimum Gasteiger partial charge on any atom is -0.453 e. The second-order valence-electron chi connectivity index (χ2n) is 6.84. The molecule has 1 atom stereocenters. The highest BCUT2D eigenvalue weighted by molar-refractivity contribution is 5.69. The Morgan fingerprint density at radius 2 is 2.12 bits per heavy atom. The number of hydrogen-bond donors (Lipinski definition) is 1. The van der Waals surface area contributed by atoms with E-state index in [4.69, 9.17) is 4.74 Å². The quantitative estimate of drug-likeness (QED) is 0.889. The maximum absolute atomic E-state index is 13.1. The number of amides is 1. The lowest BCUT2D eigenvalue weighted by atomic mass is 9.70. The molecule has 1 aliphatic heterocycles. The average molecular weight is 356 g/mol. The third-order valence-electron chi connectivity index (χ3n) is 5.38. The fourth-order valence-electron chi connectivity index (χ4n) is 3.88. The van der Waals surface area contributed by atoms with Crippen LogP contribution in [0.25, 0.3) is 0 Å². The van der Waals surface area contributed by atoms with E-state index in [-0.39, 0.29) is 6.04 Å². The lowest BCUT2D eigenvalue weighted by molar-refractivity contribution is -0.137. The van der Waals surface area contributed by atoms with Crippen molar-refractivity contribution in [1.29, 1.82) is 0 Å². The number of nitrogens with zero attached hydrogens (tertiary/aromatic N) is 1. The number of halogens is 3. The van der Waals surface area contributed by atoms with Gasteiger partial charge >= 0.3 is 12.3 Å². The molecule has 0 unspecified atom stereocenters. The van der Waals surface area contributed by atoms with Gasteiger partial charge in [-0.2, -0.15) is 13.2 Å². The molecule has 138 valence electrons. The molecule has 2 fully saturated rings. The van der Waals surface area contributed by atoms with Gasteiger partial charge in [0.2, 0.25) is 0 Å². The molecular weight excluding hydrogens is 333 g/mol. The Balaban J connectivity index is 1.95. The van der Waals surface area contributed by atoms with Gasteiger partial charge in [-0.25, -0.2) is 4.79 Å². The van der Waals surface area contributed by atoms with Crippen molar-refractivity contribution in [2.45, 2.75) is 49.9 Å². The monoisotopic (exact) mass is 356 g/mol. The van der Waals surface area contributed by atoms with Crippen molar-refractivity contribution in [3.63, 3.8) is 0 Å². The number of methoxy groups -OCH3 is 1. The van der Waals surface area contributed by atoms with E-state index < -0.39 is 23.4 Å². The molecule has 0 spiro atoms. The fourth-order valence-corrected chi connectivity index (χ4v) is 3.88. The third kappa shape index (κ3) is 3.47. The van der Waals surface area contributed by atoms with Crippen molar-refractivity contribution in [1.82, 2.24) is 10.2 Å². The highest BCUT2D eigenvalue weighted by Crippen LogP contribution is 2.48. The minimum atomic E-state index is -4.40. The van der Waals surface area contributed by atoms with Crippen molar-refractivity contribution in [2.75, 3.05) is 20.2 Å². The molecule has 1 heterocycles. The van der Waals surface area contributed by atoms with Crippen LogP contribution >= 0.6 is 0 Å². The maximum atomic E-state index is 13.1. The van der Waals surface area contributed by atoms with Gasteiger partial charge in [-0.1, -0.05) is 12.1 Å². The predicted molar refractivity (Wildman–Crippen MR) is 87.1 cm³/mol. The molecule has 1 saturated heterocycles. The zero-order valence-corrected chi connectivity index (χ0v) is 14.2. The zero-order chi connectivity index (χ0) is 18.1. The molecule has 1 aromatic carbocycles. The van der Waals surface area contributed by atoms with Gasteiger partial charge in [0.25, 0.3) is 0 Å². The standard InChI is InChI=1S/C18H23F3N2O2/c1-25-16(24)23(12-15-7-3-10-22-15)17(8-4-9-17)13-5-2-6-14(11-13)18(19,20)21/h2,5-6,11,15,22H,3-4,7-10,12H2,1H3/t15-/m1/s1. The van der Waals surface area contributed by atoms with Gasteiger partial charge in [0.05, 0.1) is 18.2 Å². The molecule has 4 nitrogen and oxygen atoms in total. The van der Waals surface area contributed by atoms with E-state index in [0.717, 1.165) is 31.9 Å². The van der Waals surface area contributed by atoms with Crippen molar-refractivity contribution < 1.29 is 22.7 Å². The Morgan fingerprint density at radius 1 is 1.36 bits per heavy atom. The Hall–Kier alpha value is -1.76. The first kappa shape index (κ1) is 18.0. The van der Waals surface area contributed by atoms with E-state index in [1.165, 1.54) is 19.2 Å². The molecule has 0 aromatic heterocycles. The third-order valence-corrected chi connectivity index (χ3v) is 5.38. The number of alkyl halides is 3. The van der Waals surface area contributed by atoms with Gasteiger partial charge in [-0.15, -0.1) is 0 Å². The van der Waals surface area contributed by atoms with Crippen molar-refractivity contribution in [2.24, 2.45) is 0 Å². The van der Waals surface area contributed by atoms with Crippen LogP contribution in [-0.4, -0.2) is 37.2 Å². The summed E-state index contributed by atoms with van der Waals surface area (Å²) < 4.78 is 44.3. The summed E-state index contributed by atoms with van der Waals surface area (Å²) >= 11 is 0. The van der Waals surface area contributed by atoms with Gasteiger partial charge in [0, 0.05) is 12.6 Å². The topological polar surface area (TPSA) is 41.6 Å². The molecule has 1 amide bonds. The number of carbonyl (C=O) groups is 1. The number of carbonyl (C=O) groups excluding carboxylic acids is 1. The van der Waals surface area contributed by atoms with E-state index in [1.807, 2.05) is 0 Å². The van der Waals surface area contributed by atoms with Crippen molar-refractivity contribution in [3.05, 3.63) is 35.4 Å². The smallest absolute Gasteiger partial charge is 0.416 e. The van der Waals surface area contributed by atoms with E-state index in [1.54, 1.807) is 11.0 Å². The first-order chi connectivity index (χ1) is 11.9. The summed E-state index contributed by atoms with van der Waals surface area (Å²) in [5.74, 6) is 0. The summed E-state index contributed by atoms with van der Waals surface area (Å²) in [4.78, 5) is 14.1. The molecule has 1 aliphatic carbocycles. The van der Waals surface area contributed by atoms with E-state index >= 15 is 0 Å².